The molecule has 0 saturated carbocycles. The average Bonchev–Trinajstić information content (AvgIpc) is 2.74. The van der Waals surface area contributed by atoms with Gasteiger partial charge in [0.05, 0.1) is 11.6 Å². The maximum absolute atomic E-state index is 12.2. The van der Waals surface area contributed by atoms with Crippen LogP contribution in [0.4, 0.5) is 5.69 Å². The van der Waals surface area contributed by atoms with Gasteiger partial charge in [-0.25, -0.2) is 0 Å². The van der Waals surface area contributed by atoms with Crippen LogP contribution in [0.5, 0.6) is 0 Å². The van der Waals surface area contributed by atoms with E-state index in [1.165, 1.54) is 11.6 Å². The zero-order chi connectivity index (χ0) is 19.8. The molecule has 5 heteroatoms. The first-order chi connectivity index (χ1) is 13.7. The highest BCUT2D eigenvalue weighted by Gasteiger charge is 2.15. The molecule has 1 aliphatic rings. The van der Waals surface area contributed by atoms with Gasteiger partial charge in [-0.3, -0.25) is 9.69 Å². The van der Waals surface area contributed by atoms with E-state index in [0.29, 0.717) is 5.56 Å². The molecule has 0 radical (unpaired) electrons. The minimum atomic E-state index is -0.212. The molecule has 0 aliphatic carbocycles. The molecule has 2 aromatic carbocycles. The maximum atomic E-state index is 12.2. The zero-order valence-electron chi connectivity index (χ0n) is 16.3. The fourth-order valence-electron chi connectivity index (χ4n) is 3.31. The molecule has 1 saturated heterocycles. The van der Waals surface area contributed by atoms with Gasteiger partial charge in [0.15, 0.2) is 0 Å². The lowest BCUT2D eigenvalue weighted by atomic mass is 10.1. The van der Waals surface area contributed by atoms with Crippen molar-refractivity contribution in [3.8, 4) is 6.07 Å². The Balaban J connectivity index is 1.52. The largest absolute Gasteiger partial charge is 0.323 e. The lowest BCUT2D eigenvalue weighted by molar-refractivity contribution is -0.111. The number of nitriles is 1. The first-order valence-electron chi connectivity index (χ1n) is 9.70. The van der Waals surface area contributed by atoms with Gasteiger partial charge in [0.25, 0.3) is 0 Å². The number of likely N-dealkylation sites (N-methyl/N-ethyl adjacent to an activating group) is 1. The van der Waals surface area contributed by atoms with Gasteiger partial charge in [0.2, 0.25) is 5.91 Å². The lowest BCUT2D eigenvalue weighted by Crippen LogP contribution is -2.45. The van der Waals surface area contributed by atoms with Crippen LogP contribution in [-0.2, 0) is 11.3 Å². The van der Waals surface area contributed by atoms with Crippen molar-refractivity contribution < 1.29 is 4.79 Å². The van der Waals surface area contributed by atoms with E-state index in [4.69, 9.17) is 5.26 Å². The van der Waals surface area contributed by atoms with Gasteiger partial charge in [-0.15, -0.1) is 0 Å². The maximum Gasteiger partial charge on any atom is 0.248 e. The van der Waals surface area contributed by atoms with Gasteiger partial charge >= 0.3 is 0 Å². The topological polar surface area (TPSA) is 59.4 Å². The van der Waals surface area contributed by atoms with Crippen LogP contribution in [0.25, 0.3) is 6.08 Å². The van der Waals surface area contributed by atoms with Crippen molar-refractivity contribution in [1.82, 2.24) is 9.80 Å². The predicted octanol–water partition coefficient (Wildman–Crippen LogP) is 3.35. The molecule has 2 aromatic rings. The third-order valence-corrected chi connectivity index (χ3v) is 5.04. The Labute approximate surface area is 166 Å². The molecular formula is C23H26N4O. The summed E-state index contributed by atoms with van der Waals surface area (Å²) in [6.07, 6.45) is 3.12. The summed E-state index contributed by atoms with van der Waals surface area (Å²) in [5.41, 5.74) is 3.30. The van der Waals surface area contributed by atoms with Gasteiger partial charge in [-0.05, 0) is 41.9 Å². The molecule has 0 unspecified atom stereocenters. The van der Waals surface area contributed by atoms with E-state index in [-0.39, 0.29) is 5.91 Å². The Morgan fingerprint density at radius 2 is 1.75 bits per heavy atom. The number of nitrogens with one attached hydrogen (secondary N) is 1. The summed E-state index contributed by atoms with van der Waals surface area (Å²) in [7, 11) is 0. The van der Waals surface area contributed by atoms with Crippen LogP contribution in [0.15, 0.2) is 54.6 Å². The second-order valence-corrected chi connectivity index (χ2v) is 6.93. The monoisotopic (exact) mass is 374 g/mol. The quantitative estimate of drug-likeness (QED) is 0.788. The minimum absolute atomic E-state index is 0.212. The molecule has 1 amide bonds. The van der Waals surface area contributed by atoms with E-state index in [1.807, 2.05) is 24.3 Å². The Morgan fingerprint density at radius 1 is 1.07 bits per heavy atom. The Kier molecular flexibility index (Phi) is 6.96. The van der Waals surface area contributed by atoms with Gasteiger partial charge in [-0.2, -0.15) is 5.26 Å². The standard InChI is InChI=1S/C23H26N4O/c1-2-26-13-15-27(16-14-26)18-19-7-10-22(11-8-19)25-23(28)12-9-20-5-3-4-6-21(20)17-24/h3-12H,2,13-16,18H2,1H3,(H,25,28)/b12-9+. The summed E-state index contributed by atoms with van der Waals surface area (Å²) in [5.74, 6) is -0.212. The summed E-state index contributed by atoms with van der Waals surface area (Å²) >= 11 is 0. The molecule has 5 nitrogen and oxygen atoms in total. The van der Waals surface area contributed by atoms with Crippen molar-refractivity contribution in [2.45, 2.75) is 13.5 Å². The summed E-state index contributed by atoms with van der Waals surface area (Å²) in [6.45, 7) is 8.73. The summed E-state index contributed by atoms with van der Waals surface area (Å²) in [4.78, 5) is 17.1. The summed E-state index contributed by atoms with van der Waals surface area (Å²) < 4.78 is 0. The van der Waals surface area contributed by atoms with Crippen molar-refractivity contribution in [2.24, 2.45) is 0 Å². The fourth-order valence-corrected chi connectivity index (χ4v) is 3.31. The highest BCUT2D eigenvalue weighted by molar-refractivity contribution is 6.02. The van der Waals surface area contributed by atoms with E-state index >= 15 is 0 Å². The van der Waals surface area contributed by atoms with Crippen molar-refractivity contribution >= 4 is 17.7 Å². The average molecular weight is 374 g/mol. The first kappa shape index (κ1) is 19.8. The first-order valence-corrected chi connectivity index (χ1v) is 9.70. The summed E-state index contributed by atoms with van der Waals surface area (Å²) in [5, 5.41) is 12.0. The predicted molar refractivity (Wildman–Crippen MR) is 113 cm³/mol. The van der Waals surface area contributed by atoms with E-state index in [9.17, 15) is 4.79 Å². The second-order valence-electron chi connectivity index (χ2n) is 6.93. The fraction of sp³-hybridized carbons (Fsp3) is 0.304. The SMILES string of the molecule is CCN1CCN(Cc2ccc(NC(=O)/C=C/c3ccccc3C#N)cc2)CC1. The number of amides is 1. The number of carbonyl (C=O) groups excluding carboxylic acids is 1. The molecule has 0 spiro atoms. The van der Waals surface area contributed by atoms with Crippen LogP contribution in [0.2, 0.25) is 0 Å². The smallest absolute Gasteiger partial charge is 0.248 e. The molecule has 144 valence electrons. The van der Waals surface area contributed by atoms with Gasteiger partial charge in [0, 0.05) is 44.5 Å². The van der Waals surface area contributed by atoms with Crippen LogP contribution in [0, 0.1) is 11.3 Å². The number of anilines is 1. The van der Waals surface area contributed by atoms with E-state index in [0.717, 1.165) is 50.5 Å². The van der Waals surface area contributed by atoms with Crippen molar-refractivity contribution in [1.29, 1.82) is 5.26 Å². The van der Waals surface area contributed by atoms with Crippen LogP contribution < -0.4 is 5.32 Å². The zero-order valence-corrected chi connectivity index (χ0v) is 16.3. The van der Waals surface area contributed by atoms with Crippen LogP contribution in [0.3, 0.4) is 0 Å². The van der Waals surface area contributed by atoms with Crippen molar-refractivity contribution in [3.05, 3.63) is 71.3 Å². The number of rotatable bonds is 6. The van der Waals surface area contributed by atoms with Gasteiger partial charge in [-0.1, -0.05) is 37.3 Å². The normalized spacial score (nSPS) is 15.4. The number of hydrogen-bond donors (Lipinski definition) is 1. The number of hydrogen-bond acceptors (Lipinski definition) is 4. The van der Waals surface area contributed by atoms with Crippen LogP contribution in [-0.4, -0.2) is 48.4 Å². The van der Waals surface area contributed by atoms with Crippen LogP contribution >= 0.6 is 0 Å². The highest BCUT2D eigenvalue weighted by atomic mass is 16.1. The molecule has 1 fully saturated rings. The molecule has 1 heterocycles. The van der Waals surface area contributed by atoms with Crippen molar-refractivity contribution in [3.63, 3.8) is 0 Å². The molecular weight excluding hydrogens is 348 g/mol. The van der Waals surface area contributed by atoms with Crippen LogP contribution in [0.1, 0.15) is 23.6 Å². The number of carbonyl (C=O) groups is 1. The van der Waals surface area contributed by atoms with Gasteiger partial charge in [0.1, 0.15) is 0 Å². The molecule has 0 aromatic heterocycles. The minimum Gasteiger partial charge on any atom is -0.323 e. The van der Waals surface area contributed by atoms with Gasteiger partial charge < -0.3 is 10.2 Å². The molecule has 1 aliphatic heterocycles. The molecule has 28 heavy (non-hydrogen) atoms. The number of piperazine rings is 1. The van der Waals surface area contributed by atoms with Crippen molar-refractivity contribution in [2.75, 3.05) is 38.0 Å². The molecule has 1 N–H and O–H groups in total. The molecule has 3 rings (SSSR count). The van der Waals surface area contributed by atoms with E-state index in [1.54, 1.807) is 18.2 Å². The third kappa shape index (κ3) is 5.53. The second kappa shape index (κ2) is 9.84. The molecule has 0 atom stereocenters. The lowest BCUT2D eigenvalue weighted by Gasteiger charge is -2.34. The Bertz CT molecular complexity index is 859. The Morgan fingerprint density at radius 3 is 2.43 bits per heavy atom. The summed E-state index contributed by atoms with van der Waals surface area (Å²) in [6, 6.07) is 17.3. The highest BCUT2D eigenvalue weighted by Crippen LogP contribution is 2.14. The number of nitrogens with zero attached hydrogens (tertiary/aromatic N) is 3. The number of benzene rings is 2. The van der Waals surface area contributed by atoms with E-state index in [2.05, 4.69) is 40.2 Å². The Hall–Kier alpha value is -2.94. The third-order valence-electron chi connectivity index (χ3n) is 5.04. The van der Waals surface area contributed by atoms with E-state index < -0.39 is 0 Å². The molecule has 0 bridgehead atoms.